The van der Waals surface area contributed by atoms with Gasteiger partial charge in [0.15, 0.2) is 15.4 Å². The van der Waals surface area contributed by atoms with E-state index < -0.39 is 10.0 Å². The molecule has 2 heterocycles. The monoisotopic (exact) mass is 415 g/mol. The molecule has 130 valence electrons. The largest absolute Gasteiger partial charge is 0.380 e. The molecule has 0 atom stereocenters. The summed E-state index contributed by atoms with van der Waals surface area (Å²) in [6.45, 7) is 0.551. The minimum Gasteiger partial charge on any atom is -0.380 e. The predicted octanol–water partition coefficient (Wildman–Crippen LogP) is 3.65. The summed E-state index contributed by atoms with van der Waals surface area (Å²) in [6.07, 6.45) is 1.69. The lowest BCUT2D eigenvalue weighted by atomic mass is 10.3. The molecule has 3 rings (SSSR count). The topological polar surface area (TPSA) is 96.9 Å². The fourth-order valence-electron chi connectivity index (χ4n) is 1.87. The second-order valence-corrected chi connectivity index (χ2v) is 8.57. The highest BCUT2D eigenvalue weighted by Crippen LogP contribution is 2.21. The Morgan fingerprint density at radius 1 is 1.04 bits per heavy atom. The molecule has 3 aromatic rings. The number of thiazole rings is 1. The number of nitrogens with one attached hydrogen (secondary N) is 2. The van der Waals surface area contributed by atoms with Crippen LogP contribution in [-0.4, -0.2) is 23.6 Å². The maximum absolute atomic E-state index is 12.3. The maximum Gasteiger partial charge on any atom is 0.263 e. The molecule has 0 unspecified atom stereocenters. The number of nitrogens with zero attached hydrogens (tertiary/aromatic N) is 3. The number of hydrogen-bond donors (Lipinski definition) is 2. The van der Waals surface area contributed by atoms with E-state index in [0.717, 1.165) is 10.6 Å². The van der Waals surface area contributed by atoms with Crippen molar-refractivity contribution in [2.24, 2.45) is 0 Å². The van der Waals surface area contributed by atoms with Gasteiger partial charge in [-0.1, -0.05) is 23.2 Å². The highest BCUT2D eigenvalue weighted by molar-refractivity contribution is 7.92. The third kappa shape index (κ3) is 4.79. The molecule has 1 aromatic carbocycles. The zero-order valence-corrected chi connectivity index (χ0v) is 15.6. The first-order valence-electron chi connectivity index (χ1n) is 6.88. The number of sulfonamides is 1. The summed E-state index contributed by atoms with van der Waals surface area (Å²) in [6, 6.07) is 9.21. The molecule has 2 aromatic heterocycles. The van der Waals surface area contributed by atoms with E-state index in [1.54, 1.807) is 18.3 Å². The zero-order chi connectivity index (χ0) is 17.9. The van der Waals surface area contributed by atoms with Crippen LogP contribution in [0.2, 0.25) is 9.62 Å². The molecule has 0 saturated heterocycles. The number of hydrogen-bond acceptors (Lipinski definition) is 7. The summed E-state index contributed by atoms with van der Waals surface area (Å²) in [5.74, 6) is 0.0914. The van der Waals surface area contributed by atoms with Crippen molar-refractivity contribution in [1.82, 2.24) is 15.2 Å². The van der Waals surface area contributed by atoms with Crippen LogP contribution in [0.4, 0.5) is 11.5 Å². The smallest absolute Gasteiger partial charge is 0.263 e. The average Bonchev–Trinajstić information content (AvgIpc) is 3.01. The van der Waals surface area contributed by atoms with Gasteiger partial charge in [0.1, 0.15) is 0 Å². The van der Waals surface area contributed by atoms with Crippen LogP contribution in [0.25, 0.3) is 0 Å². The summed E-state index contributed by atoms with van der Waals surface area (Å²) in [5.41, 5.74) is 0.773. The maximum atomic E-state index is 12.3. The number of rotatable bonds is 6. The van der Waals surface area contributed by atoms with Crippen molar-refractivity contribution in [1.29, 1.82) is 0 Å². The van der Waals surface area contributed by atoms with Gasteiger partial charge in [-0.3, -0.25) is 4.72 Å². The van der Waals surface area contributed by atoms with Crippen molar-refractivity contribution in [2.45, 2.75) is 11.4 Å². The second kappa shape index (κ2) is 7.52. The Balaban J connectivity index is 1.67. The molecule has 2 N–H and O–H groups in total. The van der Waals surface area contributed by atoms with Gasteiger partial charge in [-0.15, -0.1) is 21.5 Å². The van der Waals surface area contributed by atoms with E-state index in [-0.39, 0.29) is 15.9 Å². The minimum atomic E-state index is -3.76. The van der Waals surface area contributed by atoms with Crippen LogP contribution < -0.4 is 10.0 Å². The van der Waals surface area contributed by atoms with Gasteiger partial charge in [0.2, 0.25) is 0 Å². The van der Waals surface area contributed by atoms with Gasteiger partial charge in [-0.05, 0) is 36.4 Å². The molecule has 0 fully saturated rings. The van der Waals surface area contributed by atoms with E-state index >= 15 is 0 Å². The van der Waals surface area contributed by atoms with E-state index in [4.69, 9.17) is 23.2 Å². The summed E-state index contributed by atoms with van der Waals surface area (Å²) in [7, 11) is -3.76. The molecular formula is C14H11Cl2N5O2S2. The summed E-state index contributed by atoms with van der Waals surface area (Å²) < 4.78 is 27.5. The third-order valence-electron chi connectivity index (χ3n) is 3.03. The van der Waals surface area contributed by atoms with Crippen LogP contribution in [0.5, 0.6) is 0 Å². The van der Waals surface area contributed by atoms with Crippen LogP contribution in [0.3, 0.4) is 0 Å². The van der Waals surface area contributed by atoms with Gasteiger partial charge in [0, 0.05) is 16.8 Å². The Bertz CT molecular complexity index is 960. The fraction of sp³-hybridized carbons (Fsp3) is 0.0714. The summed E-state index contributed by atoms with van der Waals surface area (Å²) in [5, 5.41) is 10.6. The molecule has 11 heteroatoms. The Morgan fingerprint density at radius 2 is 1.80 bits per heavy atom. The van der Waals surface area contributed by atoms with Crippen molar-refractivity contribution in [3.8, 4) is 0 Å². The highest BCUT2D eigenvalue weighted by atomic mass is 35.5. The lowest BCUT2D eigenvalue weighted by Crippen LogP contribution is -2.14. The molecule has 0 bridgehead atoms. The van der Waals surface area contributed by atoms with Gasteiger partial charge in [0.25, 0.3) is 10.0 Å². The van der Waals surface area contributed by atoms with E-state index in [1.807, 2.05) is 0 Å². The quantitative estimate of drug-likeness (QED) is 0.637. The predicted molar refractivity (Wildman–Crippen MR) is 98.7 cm³/mol. The zero-order valence-electron chi connectivity index (χ0n) is 12.5. The van der Waals surface area contributed by atoms with E-state index in [1.165, 1.54) is 35.6 Å². The van der Waals surface area contributed by atoms with Crippen molar-refractivity contribution >= 4 is 56.1 Å². The first-order valence-corrected chi connectivity index (χ1v) is 9.94. The van der Waals surface area contributed by atoms with Crippen LogP contribution in [0.1, 0.15) is 4.88 Å². The van der Waals surface area contributed by atoms with E-state index in [0.29, 0.717) is 11.0 Å². The molecule has 0 aliphatic carbocycles. The van der Waals surface area contributed by atoms with Gasteiger partial charge < -0.3 is 5.32 Å². The number of halogens is 2. The summed E-state index contributed by atoms with van der Waals surface area (Å²) in [4.78, 5) is 5.04. The van der Waals surface area contributed by atoms with Crippen LogP contribution in [-0.2, 0) is 16.6 Å². The number of anilines is 2. The molecule has 0 amide bonds. The number of benzene rings is 1. The Hall–Kier alpha value is -1.94. The molecule has 7 nitrogen and oxygen atoms in total. The van der Waals surface area contributed by atoms with Gasteiger partial charge in [0.05, 0.1) is 11.4 Å². The van der Waals surface area contributed by atoms with Crippen LogP contribution >= 0.6 is 34.5 Å². The lowest BCUT2D eigenvalue weighted by Gasteiger charge is -2.08. The van der Waals surface area contributed by atoms with Gasteiger partial charge >= 0.3 is 0 Å². The summed E-state index contributed by atoms with van der Waals surface area (Å²) >= 11 is 12.8. The van der Waals surface area contributed by atoms with Gasteiger partial charge in [-0.2, -0.15) is 0 Å². The molecule has 0 aliphatic rings. The standard InChI is InChI=1S/C14H11Cl2N5O2S2/c15-12-5-6-13(20-19-12)21-25(22,23)11-3-1-9(2-4-11)17-7-10-8-18-14(16)24-10/h1-6,8,17H,7H2,(H,20,21). The molecular weight excluding hydrogens is 405 g/mol. The minimum absolute atomic E-state index is 0.0914. The molecule has 25 heavy (non-hydrogen) atoms. The van der Waals surface area contributed by atoms with Crippen molar-refractivity contribution in [2.75, 3.05) is 10.0 Å². The van der Waals surface area contributed by atoms with Gasteiger partial charge in [-0.25, -0.2) is 13.4 Å². The SMILES string of the molecule is O=S(=O)(Nc1ccc(Cl)nn1)c1ccc(NCc2cnc(Cl)s2)cc1. The Labute approximate surface area is 158 Å². The molecule has 0 aliphatic heterocycles. The molecule has 0 radical (unpaired) electrons. The second-order valence-electron chi connectivity index (χ2n) is 4.80. The van der Waals surface area contributed by atoms with Crippen LogP contribution in [0.15, 0.2) is 47.5 Å². The molecule has 0 saturated carbocycles. The van der Waals surface area contributed by atoms with Crippen molar-refractivity contribution in [3.05, 3.63) is 57.1 Å². The van der Waals surface area contributed by atoms with E-state index in [2.05, 4.69) is 25.2 Å². The lowest BCUT2D eigenvalue weighted by molar-refractivity contribution is 0.601. The Morgan fingerprint density at radius 3 is 2.40 bits per heavy atom. The highest BCUT2D eigenvalue weighted by Gasteiger charge is 2.15. The molecule has 0 spiro atoms. The van der Waals surface area contributed by atoms with Crippen molar-refractivity contribution < 1.29 is 8.42 Å². The number of aromatic nitrogens is 3. The first-order chi connectivity index (χ1) is 11.9. The van der Waals surface area contributed by atoms with Crippen molar-refractivity contribution in [3.63, 3.8) is 0 Å². The third-order valence-corrected chi connectivity index (χ3v) is 5.71. The van der Waals surface area contributed by atoms with E-state index in [9.17, 15) is 8.42 Å². The normalized spacial score (nSPS) is 11.3. The Kier molecular flexibility index (Phi) is 5.38. The average molecular weight is 416 g/mol. The first kappa shape index (κ1) is 17.9. The van der Waals surface area contributed by atoms with Crippen LogP contribution in [0, 0.1) is 0 Å². The fourth-order valence-corrected chi connectivity index (χ4v) is 3.89.